The molecule has 4 rings (SSSR count). The van der Waals surface area contributed by atoms with Gasteiger partial charge in [0, 0.05) is 5.92 Å². The van der Waals surface area contributed by atoms with E-state index >= 15 is 0 Å². The fourth-order valence-electron chi connectivity index (χ4n) is 3.97. The Hall–Kier alpha value is -2.75. The molecular weight excluding hydrogens is 300 g/mol. The second-order valence-electron chi connectivity index (χ2n) is 6.38. The topological polar surface area (TPSA) is 64.3 Å². The first-order valence-corrected chi connectivity index (χ1v) is 8.19. The number of para-hydroxylation sites is 1. The van der Waals surface area contributed by atoms with Crippen molar-refractivity contribution >= 4 is 11.6 Å². The summed E-state index contributed by atoms with van der Waals surface area (Å²) in [6, 6.07) is 14.1. The number of allylic oxidation sites excluding steroid dienone is 2. The number of amides is 1. The standard InChI is InChI=1S/C20H20N2O2/c1-24-13-10-8-12(9-11-13)18-15-5-2-4-14(15)16-6-3-7-17(20(21)23)19(16)22-18/h2-4,6-11,14-15,18,22H,5H2,1H3,(H2,21,23). The maximum Gasteiger partial charge on any atom is 0.250 e. The average molecular weight is 320 g/mol. The molecule has 24 heavy (non-hydrogen) atoms. The van der Waals surface area contributed by atoms with Crippen molar-refractivity contribution in [3.8, 4) is 5.75 Å². The third-order valence-corrected chi connectivity index (χ3v) is 5.14. The van der Waals surface area contributed by atoms with E-state index in [1.54, 1.807) is 13.2 Å². The molecule has 3 atom stereocenters. The van der Waals surface area contributed by atoms with Gasteiger partial charge in [-0.2, -0.15) is 0 Å². The van der Waals surface area contributed by atoms with Crippen molar-refractivity contribution in [2.75, 3.05) is 12.4 Å². The molecule has 2 aliphatic rings. The number of benzene rings is 2. The molecule has 2 aromatic rings. The number of methoxy groups -OCH3 is 1. The molecular formula is C20H20N2O2. The van der Waals surface area contributed by atoms with E-state index in [1.807, 2.05) is 18.2 Å². The highest BCUT2D eigenvalue weighted by Crippen LogP contribution is 2.50. The van der Waals surface area contributed by atoms with Gasteiger partial charge in [-0.25, -0.2) is 0 Å². The van der Waals surface area contributed by atoms with E-state index in [4.69, 9.17) is 10.5 Å². The van der Waals surface area contributed by atoms with Crippen LogP contribution in [0.4, 0.5) is 5.69 Å². The van der Waals surface area contributed by atoms with Crippen molar-refractivity contribution < 1.29 is 9.53 Å². The van der Waals surface area contributed by atoms with Crippen molar-refractivity contribution in [1.29, 1.82) is 0 Å². The van der Waals surface area contributed by atoms with Crippen molar-refractivity contribution in [3.63, 3.8) is 0 Å². The van der Waals surface area contributed by atoms with Gasteiger partial charge in [0.15, 0.2) is 0 Å². The molecule has 122 valence electrons. The van der Waals surface area contributed by atoms with E-state index in [-0.39, 0.29) is 6.04 Å². The van der Waals surface area contributed by atoms with Gasteiger partial charge < -0.3 is 15.8 Å². The number of carbonyl (C=O) groups excluding carboxylic acids is 1. The second kappa shape index (κ2) is 5.71. The average Bonchev–Trinajstić information content (AvgIpc) is 3.10. The van der Waals surface area contributed by atoms with Crippen LogP contribution in [0.25, 0.3) is 0 Å². The van der Waals surface area contributed by atoms with E-state index in [2.05, 4.69) is 35.7 Å². The van der Waals surface area contributed by atoms with Gasteiger partial charge in [-0.3, -0.25) is 4.79 Å². The predicted octanol–water partition coefficient (Wildman–Crippen LogP) is 3.62. The summed E-state index contributed by atoms with van der Waals surface area (Å²) >= 11 is 0. The smallest absolute Gasteiger partial charge is 0.250 e. The molecule has 0 radical (unpaired) electrons. The second-order valence-corrected chi connectivity index (χ2v) is 6.38. The summed E-state index contributed by atoms with van der Waals surface area (Å²) in [5.74, 6) is 1.20. The van der Waals surface area contributed by atoms with Crippen LogP contribution in [0.15, 0.2) is 54.6 Å². The zero-order chi connectivity index (χ0) is 16.7. The fourth-order valence-corrected chi connectivity index (χ4v) is 3.97. The van der Waals surface area contributed by atoms with Crippen LogP contribution in [0.5, 0.6) is 5.75 Å². The Bertz CT molecular complexity index is 811. The van der Waals surface area contributed by atoms with Gasteiger partial charge in [0.05, 0.1) is 24.4 Å². The maximum atomic E-state index is 11.8. The first kappa shape index (κ1) is 14.8. The lowest BCUT2D eigenvalue weighted by Gasteiger charge is -2.38. The number of hydrogen-bond donors (Lipinski definition) is 2. The molecule has 1 amide bonds. The number of anilines is 1. The van der Waals surface area contributed by atoms with Crippen LogP contribution in [0, 0.1) is 5.92 Å². The maximum absolute atomic E-state index is 11.8. The molecule has 0 saturated heterocycles. The van der Waals surface area contributed by atoms with Crippen LogP contribution in [0.2, 0.25) is 0 Å². The van der Waals surface area contributed by atoms with Crippen LogP contribution >= 0.6 is 0 Å². The van der Waals surface area contributed by atoms with Crippen molar-refractivity contribution in [3.05, 3.63) is 71.3 Å². The molecule has 0 aromatic heterocycles. The van der Waals surface area contributed by atoms with Gasteiger partial charge in [0.25, 0.3) is 5.91 Å². The zero-order valence-corrected chi connectivity index (χ0v) is 13.5. The summed E-state index contributed by atoms with van der Waals surface area (Å²) in [5.41, 5.74) is 9.37. The summed E-state index contributed by atoms with van der Waals surface area (Å²) in [7, 11) is 1.67. The quantitative estimate of drug-likeness (QED) is 0.849. The van der Waals surface area contributed by atoms with Gasteiger partial charge in [0.1, 0.15) is 5.75 Å². The van der Waals surface area contributed by atoms with Gasteiger partial charge in [-0.15, -0.1) is 0 Å². The Kier molecular flexibility index (Phi) is 3.53. The Morgan fingerprint density at radius 3 is 2.71 bits per heavy atom. The largest absolute Gasteiger partial charge is 0.497 e. The third kappa shape index (κ3) is 2.26. The van der Waals surface area contributed by atoms with Crippen LogP contribution in [0.3, 0.4) is 0 Å². The Morgan fingerprint density at radius 1 is 1.21 bits per heavy atom. The Labute approximate surface area is 141 Å². The number of rotatable bonds is 3. The Morgan fingerprint density at radius 2 is 2.00 bits per heavy atom. The highest BCUT2D eigenvalue weighted by atomic mass is 16.5. The SMILES string of the molecule is COc1ccc(C2Nc3c(C(N)=O)cccc3C3C=CCC32)cc1. The summed E-state index contributed by atoms with van der Waals surface area (Å²) in [4.78, 5) is 11.8. The van der Waals surface area contributed by atoms with Crippen LogP contribution in [0.1, 0.15) is 39.9 Å². The monoisotopic (exact) mass is 320 g/mol. The lowest BCUT2D eigenvalue weighted by Crippen LogP contribution is -2.31. The number of nitrogens with one attached hydrogen (secondary N) is 1. The number of hydrogen-bond acceptors (Lipinski definition) is 3. The van der Waals surface area contributed by atoms with E-state index in [1.165, 1.54) is 5.56 Å². The molecule has 3 unspecified atom stereocenters. The highest BCUT2D eigenvalue weighted by Gasteiger charge is 2.39. The minimum atomic E-state index is -0.395. The minimum absolute atomic E-state index is 0.143. The molecule has 0 bridgehead atoms. The Balaban J connectivity index is 1.79. The van der Waals surface area contributed by atoms with Crippen LogP contribution < -0.4 is 15.8 Å². The lowest BCUT2D eigenvalue weighted by molar-refractivity contribution is 0.100. The summed E-state index contributed by atoms with van der Waals surface area (Å²) in [5, 5.41) is 3.59. The van der Waals surface area contributed by atoms with Crippen LogP contribution in [-0.2, 0) is 0 Å². The van der Waals surface area contributed by atoms with Crippen LogP contribution in [-0.4, -0.2) is 13.0 Å². The molecule has 0 saturated carbocycles. The molecule has 2 aromatic carbocycles. The van der Waals surface area contributed by atoms with Gasteiger partial charge in [0.2, 0.25) is 0 Å². The number of primary amides is 1. The van der Waals surface area contributed by atoms with E-state index in [0.29, 0.717) is 17.4 Å². The summed E-state index contributed by atoms with van der Waals surface area (Å²) < 4.78 is 5.26. The highest BCUT2D eigenvalue weighted by molar-refractivity contribution is 5.99. The lowest BCUT2D eigenvalue weighted by atomic mass is 9.76. The first-order valence-electron chi connectivity index (χ1n) is 8.19. The summed E-state index contributed by atoms with van der Waals surface area (Å²) in [6.45, 7) is 0. The van der Waals surface area contributed by atoms with Crippen molar-refractivity contribution in [2.24, 2.45) is 11.7 Å². The molecule has 0 fully saturated rings. The van der Waals surface area contributed by atoms with E-state index < -0.39 is 5.91 Å². The van der Waals surface area contributed by atoms with Crippen molar-refractivity contribution in [2.45, 2.75) is 18.4 Å². The van der Waals surface area contributed by atoms with E-state index in [0.717, 1.165) is 23.4 Å². The zero-order valence-electron chi connectivity index (χ0n) is 13.5. The van der Waals surface area contributed by atoms with Gasteiger partial charge >= 0.3 is 0 Å². The van der Waals surface area contributed by atoms with Crippen molar-refractivity contribution in [1.82, 2.24) is 0 Å². The third-order valence-electron chi connectivity index (χ3n) is 5.14. The number of ether oxygens (including phenoxy) is 1. The molecule has 1 aliphatic carbocycles. The number of nitrogens with two attached hydrogens (primary N) is 1. The molecule has 4 heteroatoms. The number of carbonyl (C=O) groups is 1. The molecule has 0 spiro atoms. The minimum Gasteiger partial charge on any atom is -0.497 e. The van der Waals surface area contributed by atoms with Gasteiger partial charge in [-0.05, 0) is 41.7 Å². The van der Waals surface area contributed by atoms with E-state index in [9.17, 15) is 4.79 Å². The van der Waals surface area contributed by atoms with Gasteiger partial charge in [-0.1, -0.05) is 36.4 Å². The first-order chi connectivity index (χ1) is 11.7. The normalized spacial score (nSPS) is 24.0. The number of fused-ring (bicyclic) bond motifs is 3. The molecule has 1 heterocycles. The summed E-state index contributed by atoms with van der Waals surface area (Å²) in [6.07, 6.45) is 5.51. The molecule has 4 nitrogen and oxygen atoms in total. The predicted molar refractivity (Wildman–Crippen MR) is 94.3 cm³/mol. The molecule has 3 N–H and O–H groups in total. The fraction of sp³-hybridized carbons (Fsp3) is 0.250. The molecule has 1 aliphatic heterocycles.